The lowest BCUT2D eigenvalue weighted by molar-refractivity contribution is 0.0526. The molecule has 0 bridgehead atoms. The van der Waals surface area contributed by atoms with Gasteiger partial charge in [-0.25, -0.2) is 14.6 Å². The van der Waals surface area contributed by atoms with Gasteiger partial charge in [0.15, 0.2) is 4.47 Å². The Morgan fingerprint density at radius 2 is 1.92 bits per heavy atom. The minimum absolute atomic E-state index is 0.242. The summed E-state index contributed by atoms with van der Waals surface area (Å²) in [6.45, 7) is 4.40. The Balaban J connectivity index is 2.24. The van der Waals surface area contributed by atoms with Crippen LogP contribution in [0.2, 0.25) is 4.47 Å². The molecule has 0 aliphatic carbocycles. The number of halogens is 1. The fourth-order valence-electron chi connectivity index (χ4n) is 1.97. The second kappa shape index (κ2) is 8.65. The number of ether oxygens (including phenoxy) is 2. The van der Waals surface area contributed by atoms with Crippen LogP contribution in [0.1, 0.15) is 39.4 Å². The maximum absolute atomic E-state index is 12.2. The molecule has 2 rings (SSSR count). The summed E-state index contributed by atoms with van der Waals surface area (Å²) in [7, 11) is 0. The van der Waals surface area contributed by atoms with Gasteiger partial charge in [0.05, 0.1) is 30.9 Å². The molecule has 128 valence electrons. The lowest BCUT2D eigenvalue weighted by Gasteiger charge is -2.12. The third-order valence-corrected chi connectivity index (χ3v) is 4.12. The van der Waals surface area contributed by atoms with E-state index >= 15 is 0 Å². The van der Waals surface area contributed by atoms with Crippen molar-refractivity contribution in [2.75, 3.05) is 18.5 Å². The van der Waals surface area contributed by atoms with E-state index in [1.165, 1.54) is 17.4 Å². The van der Waals surface area contributed by atoms with Crippen molar-refractivity contribution in [3.05, 3.63) is 44.9 Å². The molecule has 1 aromatic heterocycles. The first-order valence-electron chi connectivity index (χ1n) is 7.37. The van der Waals surface area contributed by atoms with Gasteiger partial charge in [-0.3, -0.25) is 0 Å². The number of benzene rings is 1. The van der Waals surface area contributed by atoms with Crippen LogP contribution < -0.4 is 5.32 Å². The second-order valence-electron chi connectivity index (χ2n) is 4.63. The average Bonchev–Trinajstić information content (AvgIpc) is 2.98. The van der Waals surface area contributed by atoms with Gasteiger partial charge >= 0.3 is 11.9 Å². The Morgan fingerprint density at radius 3 is 2.54 bits per heavy atom. The number of anilines is 1. The minimum Gasteiger partial charge on any atom is -0.462 e. The van der Waals surface area contributed by atoms with Crippen molar-refractivity contribution in [3.8, 4) is 0 Å². The molecule has 0 aliphatic rings. The molecule has 0 fully saturated rings. The van der Waals surface area contributed by atoms with Crippen LogP contribution in [-0.4, -0.2) is 30.1 Å². The first-order chi connectivity index (χ1) is 11.5. The number of rotatable bonds is 7. The lowest BCUT2D eigenvalue weighted by atomic mass is 10.1. The molecule has 0 atom stereocenters. The van der Waals surface area contributed by atoms with E-state index < -0.39 is 11.9 Å². The Morgan fingerprint density at radius 1 is 1.21 bits per heavy atom. The Kier molecular flexibility index (Phi) is 6.57. The molecule has 6 nitrogen and oxygen atoms in total. The molecule has 0 spiro atoms. The van der Waals surface area contributed by atoms with Crippen LogP contribution in [0.4, 0.5) is 5.69 Å². The predicted molar refractivity (Wildman–Crippen MR) is 92.8 cm³/mol. The zero-order valence-corrected chi connectivity index (χ0v) is 14.9. The number of esters is 2. The minimum atomic E-state index is -0.506. The van der Waals surface area contributed by atoms with Crippen LogP contribution >= 0.6 is 22.9 Å². The second-order valence-corrected chi connectivity index (χ2v) is 6.33. The molecule has 1 N–H and O–H groups in total. The van der Waals surface area contributed by atoms with Crippen LogP contribution in [0.15, 0.2) is 24.4 Å². The van der Waals surface area contributed by atoms with Crippen LogP contribution in [-0.2, 0) is 16.0 Å². The first kappa shape index (κ1) is 18.2. The zero-order chi connectivity index (χ0) is 17.5. The van der Waals surface area contributed by atoms with Crippen molar-refractivity contribution >= 4 is 40.6 Å². The smallest absolute Gasteiger partial charge is 0.340 e. The van der Waals surface area contributed by atoms with Gasteiger partial charge in [-0.2, -0.15) is 0 Å². The van der Waals surface area contributed by atoms with Crippen LogP contribution in [0.5, 0.6) is 0 Å². The van der Waals surface area contributed by atoms with Crippen molar-refractivity contribution in [3.63, 3.8) is 0 Å². The third kappa shape index (κ3) is 4.69. The van der Waals surface area contributed by atoms with Gasteiger partial charge in [0.25, 0.3) is 0 Å². The number of nitrogens with one attached hydrogen (secondary N) is 1. The van der Waals surface area contributed by atoms with Gasteiger partial charge in [-0.15, -0.1) is 11.3 Å². The number of nitrogens with zero attached hydrogens (tertiary/aromatic N) is 1. The Bertz CT molecular complexity index is 733. The highest BCUT2D eigenvalue weighted by atomic mass is 35.5. The van der Waals surface area contributed by atoms with Crippen LogP contribution in [0.25, 0.3) is 0 Å². The number of carbonyl (C=O) groups excluding carboxylic acids is 2. The van der Waals surface area contributed by atoms with E-state index in [-0.39, 0.29) is 18.8 Å². The van der Waals surface area contributed by atoms with E-state index in [0.29, 0.717) is 22.3 Å². The summed E-state index contributed by atoms with van der Waals surface area (Å²) in [5.41, 5.74) is 1.13. The molecular formula is C16H17ClN2O4S. The summed E-state index contributed by atoms with van der Waals surface area (Å²) in [5, 5.41) is 3.14. The summed E-state index contributed by atoms with van der Waals surface area (Å²) < 4.78 is 10.5. The normalized spacial score (nSPS) is 10.3. The lowest BCUT2D eigenvalue weighted by Crippen LogP contribution is -2.12. The highest BCUT2D eigenvalue weighted by molar-refractivity contribution is 7.15. The molecule has 0 saturated carbocycles. The third-order valence-electron chi connectivity index (χ3n) is 3.00. The fraction of sp³-hybridized carbons (Fsp3) is 0.312. The fourth-order valence-corrected chi connectivity index (χ4v) is 2.88. The predicted octanol–water partition coefficient (Wildman–Crippen LogP) is 3.76. The van der Waals surface area contributed by atoms with Gasteiger partial charge in [-0.05, 0) is 32.0 Å². The number of carbonyl (C=O) groups is 2. The highest BCUT2D eigenvalue weighted by Gasteiger charge is 2.17. The molecule has 2 aromatic rings. The molecule has 0 saturated heterocycles. The van der Waals surface area contributed by atoms with E-state index in [9.17, 15) is 9.59 Å². The summed E-state index contributed by atoms with van der Waals surface area (Å²) >= 11 is 7.15. The average molecular weight is 369 g/mol. The molecule has 1 heterocycles. The van der Waals surface area contributed by atoms with E-state index in [0.717, 1.165) is 4.88 Å². The van der Waals surface area contributed by atoms with Gasteiger partial charge in [0.1, 0.15) is 0 Å². The van der Waals surface area contributed by atoms with Crippen molar-refractivity contribution in [1.82, 2.24) is 4.98 Å². The Labute approximate surface area is 148 Å². The number of hydrogen-bond acceptors (Lipinski definition) is 7. The molecule has 0 radical (unpaired) electrons. The molecule has 0 aliphatic heterocycles. The molecule has 0 amide bonds. The van der Waals surface area contributed by atoms with Crippen LogP contribution in [0.3, 0.4) is 0 Å². The number of hydrogen-bond donors (Lipinski definition) is 1. The maximum atomic E-state index is 12.2. The number of thiazole rings is 1. The van der Waals surface area contributed by atoms with Crippen molar-refractivity contribution < 1.29 is 19.1 Å². The summed E-state index contributed by atoms with van der Waals surface area (Å²) in [6, 6.07) is 4.72. The van der Waals surface area contributed by atoms with E-state index in [1.54, 1.807) is 32.2 Å². The van der Waals surface area contributed by atoms with Crippen molar-refractivity contribution in [2.24, 2.45) is 0 Å². The molecule has 8 heteroatoms. The summed E-state index contributed by atoms with van der Waals surface area (Å²) in [5.74, 6) is -0.989. The molecule has 24 heavy (non-hydrogen) atoms. The quantitative estimate of drug-likeness (QED) is 0.750. The van der Waals surface area contributed by atoms with E-state index in [2.05, 4.69) is 10.3 Å². The summed E-state index contributed by atoms with van der Waals surface area (Å²) in [4.78, 5) is 28.9. The van der Waals surface area contributed by atoms with Crippen LogP contribution in [0, 0.1) is 0 Å². The van der Waals surface area contributed by atoms with E-state index in [4.69, 9.17) is 21.1 Å². The SMILES string of the molecule is CCOC(=O)c1ccc(NCc2cnc(Cl)s2)c(C(=O)OCC)c1. The van der Waals surface area contributed by atoms with Gasteiger partial charge in [0.2, 0.25) is 0 Å². The van der Waals surface area contributed by atoms with Gasteiger partial charge in [-0.1, -0.05) is 11.6 Å². The monoisotopic (exact) mass is 368 g/mol. The maximum Gasteiger partial charge on any atom is 0.340 e. The van der Waals surface area contributed by atoms with Gasteiger partial charge < -0.3 is 14.8 Å². The Hall–Kier alpha value is -2.12. The molecule has 1 aromatic carbocycles. The molecule has 0 unspecified atom stereocenters. The first-order valence-corrected chi connectivity index (χ1v) is 8.57. The largest absolute Gasteiger partial charge is 0.462 e. The summed E-state index contributed by atoms with van der Waals surface area (Å²) in [6.07, 6.45) is 1.66. The van der Waals surface area contributed by atoms with Crippen molar-refractivity contribution in [1.29, 1.82) is 0 Å². The standard InChI is InChI=1S/C16H17ClN2O4S/c1-3-22-14(20)10-5-6-13(12(7-10)15(21)23-4-2)18-8-11-9-19-16(17)24-11/h5-7,9,18H,3-4,8H2,1-2H3. The zero-order valence-electron chi connectivity index (χ0n) is 13.3. The van der Waals surface area contributed by atoms with Gasteiger partial charge in [0, 0.05) is 16.8 Å². The topological polar surface area (TPSA) is 77.5 Å². The highest BCUT2D eigenvalue weighted by Crippen LogP contribution is 2.23. The van der Waals surface area contributed by atoms with E-state index in [1.807, 2.05) is 0 Å². The van der Waals surface area contributed by atoms with Crippen molar-refractivity contribution in [2.45, 2.75) is 20.4 Å². The number of aromatic nitrogens is 1. The molecular weight excluding hydrogens is 352 g/mol.